The van der Waals surface area contributed by atoms with Gasteiger partial charge < -0.3 is 16.0 Å². The minimum absolute atomic E-state index is 0.220. The number of aromatic amines is 1. The van der Waals surface area contributed by atoms with Gasteiger partial charge >= 0.3 is 0 Å². The third-order valence-electron chi connectivity index (χ3n) is 1.30. The number of hydrogen-bond acceptors (Lipinski definition) is 2. The van der Waals surface area contributed by atoms with Crippen LogP contribution in [0.4, 0.5) is 5.69 Å². The van der Waals surface area contributed by atoms with E-state index in [1.807, 2.05) is 0 Å². The molecule has 1 heterocycles. The summed E-state index contributed by atoms with van der Waals surface area (Å²) < 4.78 is 0. The Morgan fingerprint density at radius 2 is 2.58 bits per heavy atom. The number of carbonyl (C=O) groups excluding carboxylic acids is 1. The summed E-state index contributed by atoms with van der Waals surface area (Å²) in [5.74, 6) is 2.05. The van der Waals surface area contributed by atoms with Crippen molar-refractivity contribution in [3.63, 3.8) is 0 Å². The van der Waals surface area contributed by atoms with Crippen molar-refractivity contribution in [3.8, 4) is 12.3 Å². The van der Waals surface area contributed by atoms with E-state index in [1.165, 1.54) is 0 Å². The average Bonchev–Trinajstić information content (AvgIpc) is 2.47. The quantitative estimate of drug-likeness (QED) is 0.535. The third kappa shape index (κ3) is 1.80. The molecule has 4 N–H and O–H groups in total. The van der Waals surface area contributed by atoms with E-state index in [0.717, 1.165) is 0 Å². The molecule has 0 aromatic carbocycles. The highest BCUT2D eigenvalue weighted by molar-refractivity contribution is 5.93. The molecule has 0 spiro atoms. The maximum absolute atomic E-state index is 11.1. The van der Waals surface area contributed by atoms with Gasteiger partial charge in [-0.1, -0.05) is 5.92 Å². The van der Waals surface area contributed by atoms with Gasteiger partial charge in [-0.15, -0.1) is 6.42 Å². The van der Waals surface area contributed by atoms with Gasteiger partial charge in [-0.3, -0.25) is 4.79 Å². The summed E-state index contributed by atoms with van der Waals surface area (Å²) in [5, 5.41) is 2.50. The lowest BCUT2D eigenvalue weighted by Gasteiger charge is -1.96. The zero-order chi connectivity index (χ0) is 8.97. The highest BCUT2D eigenvalue weighted by atomic mass is 16.1. The van der Waals surface area contributed by atoms with Crippen LogP contribution in [0.15, 0.2) is 12.3 Å². The van der Waals surface area contributed by atoms with Crippen LogP contribution in [-0.2, 0) is 0 Å². The number of nitrogens with two attached hydrogens (primary N) is 1. The summed E-state index contributed by atoms with van der Waals surface area (Å²) in [5.41, 5.74) is 6.34. The minimum atomic E-state index is -0.246. The maximum Gasteiger partial charge on any atom is 0.268 e. The first-order valence-corrected chi connectivity index (χ1v) is 3.39. The van der Waals surface area contributed by atoms with Crippen LogP contribution in [0.2, 0.25) is 0 Å². The number of nitrogen functional groups attached to an aromatic ring is 1. The first-order valence-electron chi connectivity index (χ1n) is 3.39. The van der Waals surface area contributed by atoms with Crippen LogP contribution in [0.1, 0.15) is 10.5 Å². The van der Waals surface area contributed by atoms with Gasteiger partial charge in [0.05, 0.1) is 6.54 Å². The van der Waals surface area contributed by atoms with Crippen molar-refractivity contribution < 1.29 is 4.79 Å². The number of aromatic nitrogens is 1. The summed E-state index contributed by atoms with van der Waals surface area (Å²) in [6.07, 6.45) is 6.51. The number of amides is 1. The van der Waals surface area contributed by atoms with Crippen LogP contribution in [0.25, 0.3) is 0 Å². The van der Waals surface area contributed by atoms with Crippen molar-refractivity contribution in [2.75, 3.05) is 12.3 Å². The Morgan fingerprint density at radius 3 is 3.08 bits per heavy atom. The van der Waals surface area contributed by atoms with Gasteiger partial charge in [0, 0.05) is 11.9 Å². The smallest absolute Gasteiger partial charge is 0.268 e. The first-order chi connectivity index (χ1) is 5.74. The fourth-order valence-corrected chi connectivity index (χ4v) is 0.769. The van der Waals surface area contributed by atoms with Crippen LogP contribution >= 0.6 is 0 Å². The first kappa shape index (κ1) is 8.21. The summed E-state index contributed by atoms with van der Waals surface area (Å²) in [6.45, 7) is 0.220. The van der Waals surface area contributed by atoms with Crippen LogP contribution < -0.4 is 11.1 Å². The number of rotatable bonds is 2. The Morgan fingerprint density at radius 1 is 1.83 bits per heavy atom. The molecule has 4 heteroatoms. The second kappa shape index (κ2) is 3.49. The molecule has 0 saturated carbocycles. The molecule has 1 amide bonds. The van der Waals surface area contributed by atoms with E-state index < -0.39 is 0 Å². The average molecular weight is 163 g/mol. The molecule has 0 unspecified atom stereocenters. The Hall–Kier alpha value is -1.89. The molecule has 1 rings (SSSR count). The summed E-state index contributed by atoms with van der Waals surface area (Å²) in [6, 6.07) is 1.55. The molecule has 0 saturated heterocycles. The van der Waals surface area contributed by atoms with Gasteiger partial charge in [0.1, 0.15) is 5.69 Å². The standard InChI is InChI=1S/C8H9N3O/c1-2-3-10-8(12)7-4-6(9)5-11-7/h1,4-5,11H,3,9H2,(H,10,12). The molecule has 0 fully saturated rings. The zero-order valence-electron chi connectivity index (χ0n) is 6.42. The molecule has 1 aromatic heterocycles. The second-order valence-electron chi connectivity index (χ2n) is 2.23. The van der Waals surface area contributed by atoms with Crippen LogP contribution in [0, 0.1) is 12.3 Å². The van der Waals surface area contributed by atoms with E-state index in [1.54, 1.807) is 12.3 Å². The Labute approximate surface area is 70.2 Å². The molecular weight excluding hydrogens is 154 g/mol. The predicted octanol–water partition coefficient (Wildman–Crippen LogP) is -0.0401. The normalized spacial score (nSPS) is 8.92. The van der Waals surface area contributed by atoms with Crippen molar-refractivity contribution in [2.24, 2.45) is 0 Å². The molecule has 0 bridgehead atoms. The zero-order valence-corrected chi connectivity index (χ0v) is 6.42. The van der Waals surface area contributed by atoms with Crippen LogP contribution in [0.3, 0.4) is 0 Å². The molecular formula is C8H9N3O. The molecule has 0 radical (unpaired) electrons. The molecule has 0 aliphatic heterocycles. The van der Waals surface area contributed by atoms with E-state index in [2.05, 4.69) is 16.2 Å². The Balaban J connectivity index is 2.61. The van der Waals surface area contributed by atoms with Crippen LogP contribution in [-0.4, -0.2) is 17.4 Å². The molecule has 0 aliphatic carbocycles. The lowest BCUT2D eigenvalue weighted by molar-refractivity contribution is 0.0954. The molecule has 0 atom stereocenters. The van der Waals surface area contributed by atoms with Gasteiger partial charge in [-0.2, -0.15) is 0 Å². The van der Waals surface area contributed by atoms with E-state index in [0.29, 0.717) is 11.4 Å². The van der Waals surface area contributed by atoms with Crippen molar-refractivity contribution in [2.45, 2.75) is 0 Å². The van der Waals surface area contributed by atoms with Crippen molar-refractivity contribution >= 4 is 11.6 Å². The largest absolute Gasteiger partial charge is 0.397 e. The number of terminal acetylenes is 1. The summed E-state index contributed by atoms with van der Waals surface area (Å²) in [4.78, 5) is 13.8. The summed E-state index contributed by atoms with van der Waals surface area (Å²) in [7, 11) is 0. The number of hydrogen-bond donors (Lipinski definition) is 3. The van der Waals surface area contributed by atoms with E-state index >= 15 is 0 Å². The van der Waals surface area contributed by atoms with Gasteiger partial charge in [0.2, 0.25) is 0 Å². The molecule has 62 valence electrons. The van der Waals surface area contributed by atoms with E-state index in [9.17, 15) is 4.79 Å². The van der Waals surface area contributed by atoms with Gasteiger partial charge in [-0.25, -0.2) is 0 Å². The number of anilines is 1. The lowest BCUT2D eigenvalue weighted by atomic mass is 10.4. The SMILES string of the molecule is C#CCNC(=O)c1cc(N)c[nH]1. The summed E-state index contributed by atoms with van der Waals surface area (Å²) >= 11 is 0. The molecule has 12 heavy (non-hydrogen) atoms. The highest BCUT2D eigenvalue weighted by Gasteiger charge is 2.04. The number of carbonyl (C=O) groups is 1. The van der Waals surface area contributed by atoms with E-state index in [4.69, 9.17) is 12.2 Å². The van der Waals surface area contributed by atoms with Crippen LogP contribution in [0.5, 0.6) is 0 Å². The molecule has 1 aromatic rings. The molecule has 0 aliphatic rings. The topological polar surface area (TPSA) is 70.9 Å². The Kier molecular flexibility index (Phi) is 2.38. The van der Waals surface area contributed by atoms with Crippen molar-refractivity contribution in [1.29, 1.82) is 0 Å². The fourth-order valence-electron chi connectivity index (χ4n) is 0.769. The van der Waals surface area contributed by atoms with Crippen molar-refractivity contribution in [3.05, 3.63) is 18.0 Å². The van der Waals surface area contributed by atoms with Gasteiger partial charge in [0.25, 0.3) is 5.91 Å². The van der Waals surface area contributed by atoms with Gasteiger partial charge in [-0.05, 0) is 6.07 Å². The Bertz CT molecular complexity index is 321. The maximum atomic E-state index is 11.1. The number of nitrogens with one attached hydrogen (secondary N) is 2. The highest BCUT2D eigenvalue weighted by Crippen LogP contribution is 2.03. The monoisotopic (exact) mass is 163 g/mol. The lowest BCUT2D eigenvalue weighted by Crippen LogP contribution is -2.23. The fraction of sp³-hybridized carbons (Fsp3) is 0.125. The predicted molar refractivity (Wildman–Crippen MR) is 46.4 cm³/mol. The minimum Gasteiger partial charge on any atom is -0.397 e. The second-order valence-corrected chi connectivity index (χ2v) is 2.23. The molecule has 4 nitrogen and oxygen atoms in total. The third-order valence-corrected chi connectivity index (χ3v) is 1.30. The number of H-pyrrole nitrogens is 1. The van der Waals surface area contributed by atoms with Crippen molar-refractivity contribution in [1.82, 2.24) is 10.3 Å². The van der Waals surface area contributed by atoms with Gasteiger partial charge in [0.15, 0.2) is 0 Å². The van der Waals surface area contributed by atoms with E-state index in [-0.39, 0.29) is 12.5 Å².